The lowest BCUT2D eigenvalue weighted by molar-refractivity contribution is -0.142. The van der Waals surface area contributed by atoms with Gasteiger partial charge in [-0.15, -0.1) is 0 Å². The van der Waals surface area contributed by atoms with Crippen LogP contribution < -0.4 is 15.2 Å². The Labute approximate surface area is 198 Å². The first-order valence-corrected chi connectivity index (χ1v) is 10.4. The van der Waals surface area contributed by atoms with Gasteiger partial charge in [0.2, 0.25) is 5.91 Å². The molecule has 178 valence electrons. The first kappa shape index (κ1) is 25.9. The maximum atomic E-state index is 13.1. The van der Waals surface area contributed by atoms with Gasteiger partial charge in [0, 0.05) is 6.54 Å². The van der Waals surface area contributed by atoms with Crippen molar-refractivity contribution in [1.82, 2.24) is 4.90 Å². The van der Waals surface area contributed by atoms with Gasteiger partial charge in [-0.3, -0.25) is 9.59 Å². The molecule has 0 aliphatic rings. The number of amides is 2. The zero-order chi connectivity index (χ0) is 24.8. The highest BCUT2D eigenvalue weighted by Crippen LogP contribution is 2.22. The van der Waals surface area contributed by atoms with Crippen molar-refractivity contribution in [2.45, 2.75) is 6.54 Å². The van der Waals surface area contributed by atoms with E-state index in [-0.39, 0.29) is 31.0 Å². The summed E-state index contributed by atoms with van der Waals surface area (Å²) in [4.78, 5) is 37.2. The Hall–Kier alpha value is -4.33. The fourth-order valence-electron chi connectivity index (χ4n) is 2.90. The molecule has 34 heavy (non-hydrogen) atoms. The molecule has 0 aromatic heterocycles. The lowest BCUT2D eigenvalue weighted by Crippen LogP contribution is -2.38. The maximum Gasteiger partial charge on any atom is 0.343 e. The minimum Gasteiger partial charge on any atom is -0.497 e. The van der Waals surface area contributed by atoms with Gasteiger partial charge in [0.15, 0.2) is 6.61 Å². The summed E-state index contributed by atoms with van der Waals surface area (Å²) in [6.45, 7) is -0.474. The number of nitrogens with two attached hydrogens (primary N) is 1. The number of rotatable bonds is 9. The summed E-state index contributed by atoms with van der Waals surface area (Å²) in [5, 5.41) is 0. The van der Waals surface area contributed by atoms with E-state index >= 15 is 0 Å². The van der Waals surface area contributed by atoms with Gasteiger partial charge in [-0.1, -0.05) is 60.7 Å². The van der Waals surface area contributed by atoms with Gasteiger partial charge in [0.25, 0.3) is 5.91 Å². The molecule has 0 radical (unpaired) electrons. The van der Waals surface area contributed by atoms with Crippen LogP contribution in [0.1, 0.15) is 15.9 Å². The van der Waals surface area contributed by atoms with Crippen LogP contribution in [0.25, 0.3) is 0 Å². The van der Waals surface area contributed by atoms with Crippen molar-refractivity contribution < 1.29 is 28.6 Å². The third-order valence-corrected chi connectivity index (χ3v) is 4.50. The van der Waals surface area contributed by atoms with E-state index < -0.39 is 17.8 Å². The van der Waals surface area contributed by atoms with Crippen molar-refractivity contribution in [2.75, 3.05) is 27.4 Å². The van der Waals surface area contributed by atoms with Gasteiger partial charge >= 0.3 is 5.97 Å². The third kappa shape index (κ3) is 8.66. The monoisotopic (exact) mass is 464 g/mol. The highest BCUT2D eigenvalue weighted by atomic mass is 16.6. The Kier molecular flexibility index (Phi) is 10.6. The average Bonchev–Trinajstić information content (AvgIpc) is 2.88. The SMILES string of the molecule is COC(=O)COc1ccccc1C(=O)N(CC(N)=O)Cc1cccc(OC)c1.c1ccccc1. The van der Waals surface area contributed by atoms with Gasteiger partial charge in [-0.25, -0.2) is 4.79 Å². The van der Waals surface area contributed by atoms with E-state index in [1.54, 1.807) is 49.6 Å². The van der Waals surface area contributed by atoms with Gasteiger partial charge in [-0.2, -0.15) is 0 Å². The summed E-state index contributed by atoms with van der Waals surface area (Å²) >= 11 is 0. The number of para-hydroxylation sites is 1. The predicted octanol–water partition coefficient (Wildman–Crippen LogP) is 3.06. The standard InChI is InChI=1S/C20H22N2O6.C6H6/c1-26-15-7-5-6-14(10-15)11-22(12-18(21)23)20(25)16-8-3-4-9-17(16)28-13-19(24)27-2;1-2-4-6-5-3-1/h3-10H,11-13H2,1-2H3,(H2,21,23);1-6H. The molecule has 0 bridgehead atoms. The van der Waals surface area contributed by atoms with Crippen LogP contribution in [-0.4, -0.2) is 50.1 Å². The first-order valence-electron chi connectivity index (χ1n) is 10.4. The number of carbonyl (C=O) groups is 3. The zero-order valence-electron chi connectivity index (χ0n) is 19.2. The second-order valence-corrected chi connectivity index (χ2v) is 6.99. The minimum absolute atomic E-state index is 0.143. The van der Waals surface area contributed by atoms with Crippen LogP contribution in [-0.2, 0) is 20.9 Å². The molecular formula is C26H28N2O6. The molecule has 3 aromatic carbocycles. The molecule has 2 N–H and O–H groups in total. The van der Waals surface area contributed by atoms with E-state index in [0.717, 1.165) is 5.56 Å². The van der Waals surface area contributed by atoms with E-state index in [2.05, 4.69) is 4.74 Å². The molecule has 0 saturated carbocycles. The minimum atomic E-state index is -0.649. The van der Waals surface area contributed by atoms with E-state index in [1.807, 2.05) is 42.5 Å². The van der Waals surface area contributed by atoms with E-state index in [0.29, 0.717) is 5.75 Å². The summed E-state index contributed by atoms with van der Waals surface area (Å²) < 4.78 is 15.1. The van der Waals surface area contributed by atoms with E-state index in [9.17, 15) is 14.4 Å². The fourth-order valence-corrected chi connectivity index (χ4v) is 2.90. The normalized spacial score (nSPS) is 9.71. The smallest absolute Gasteiger partial charge is 0.343 e. The Morgan fingerprint density at radius 3 is 2.09 bits per heavy atom. The largest absolute Gasteiger partial charge is 0.497 e. The number of esters is 1. The van der Waals surface area contributed by atoms with Crippen molar-refractivity contribution in [3.63, 3.8) is 0 Å². The summed E-state index contributed by atoms with van der Waals surface area (Å²) in [5.41, 5.74) is 6.29. The lowest BCUT2D eigenvalue weighted by atomic mass is 10.1. The third-order valence-electron chi connectivity index (χ3n) is 4.50. The molecule has 0 saturated heterocycles. The van der Waals surface area contributed by atoms with Crippen LogP contribution in [0, 0.1) is 0 Å². The number of hydrogen-bond donors (Lipinski definition) is 1. The molecular weight excluding hydrogens is 436 g/mol. The molecule has 0 unspecified atom stereocenters. The van der Waals surface area contributed by atoms with Gasteiger partial charge in [0.05, 0.1) is 26.3 Å². The molecule has 8 heteroatoms. The number of primary amides is 1. The van der Waals surface area contributed by atoms with Crippen LogP contribution in [0.4, 0.5) is 0 Å². The fraction of sp³-hybridized carbons (Fsp3) is 0.192. The molecule has 3 aromatic rings. The van der Waals surface area contributed by atoms with E-state index in [4.69, 9.17) is 15.2 Å². The molecule has 0 aliphatic heterocycles. The molecule has 0 atom stereocenters. The second-order valence-electron chi connectivity index (χ2n) is 6.99. The summed E-state index contributed by atoms with van der Waals surface area (Å²) in [5.74, 6) is -0.845. The number of carbonyl (C=O) groups excluding carboxylic acids is 3. The zero-order valence-corrected chi connectivity index (χ0v) is 19.2. The summed E-state index contributed by atoms with van der Waals surface area (Å²) in [7, 11) is 2.78. The van der Waals surface area contributed by atoms with Crippen molar-refractivity contribution >= 4 is 17.8 Å². The summed E-state index contributed by atoms with van der Waals surface area (Å²) in [6.07, 6.45) is 0. The van der Waals surface area contributed by atoms with E-state index in [1.165, 1.54) is 12.0 Å². The lowest BCUT2D eigenvalue weighted by Gasteiger charge is -2.23. The van der Waals surface area contributed by atoms with Crippen LogP contribution >= 0.6 is 0 Å². The van der Waals surface area contributed by atoms with Crippen LogP contribution in [0.3, 0.4) is 0 Å². The number of methoxy groups -OCH3 is 2. The quantitative estimate of drug-likeness (QED) is 0.488. The molecule has 8 nitrogen and oxygen atoms in total. The van der Waals surface area contributed by atoms with Crippen LogP contribution in [0.2, 0.25) is 0 Å². The highest BCUT2D eigenvalue weighted by Gasteiger charge is 2.22. The van der Waals surface area contributed by atoms with Crippen molar-refractivity contribution in [1.29, 1.82) is 0 Å². The average molecular weight is 465 g/mol. The molecule has 0 spiro atoms. The summed E-state index contributed by atoms with van der Waals surface area (Å²) in [6, 6.07) is 25.6. The second kappa shape index (κ2) is 13.9. The van der Waals surface area contributed by atoms with Gasteiger partial charge < -0.3 is 24.8 Å². The van der Waals surface area contributed by atoms with Crippen molar-refractivity contribution in [3.05, 3.63) is 96.1 Å². The molecule has 3 rings (SSSR count). The molecule has 0 heterocycles. The van der Waals surface area contributed by atoms with Gasteiger partial charge in [-0.05, 0) is 29.8 Å². The Balaban J connectivity index is 0.000000589. The van der Waals surface area contributed by atoms with Crippen molar-refractivity contribution in [2.24, 2.45) is 5.73 Å². The Morgan fingerprint density at radius 2 is 1.50 bits per heavy atom. The molecule has 2 amide bonds. The van der Waals surface area contributed by atoms with Crippen LogP contribution in [0.15, 0.2) is 84.9 Å². The topological polar surface area (TPSA) is 108 Å². The number of benzene rings is 3. The Bertz CT molecular complexity index is 1040. The van der Waals surface area contributed by atoms with Gasteiger partial charge in [0.1, 0.15) is 11.5 Å². The first-order chi connectivity index (χ1) is 16.4. The maximum absolute atomic E-state index is 13.1. The molecule has 0 aliphatic carbocycles. The number of ether oxygens (including phenoxy) is 3. The highest BCUT2D eigenvalue weighted by molar-refractivity contribution is 5.98. The van der Waals surface area contributed by atoms with Crippen molar-refractivity contribution in [3.8, 4) is 11.5 Å². The molecule has 0 fully saturated rings. The Morgan fingerprint density at radius 1 is 0.853 bits per heavy atom. The predicted molar refractivity (Wildman–Crippen MR) is 127 cm³/mol. The number of hydrogen-bond acceptors (Lipinski definition) is 6. The number of nitrogens with zero attached hydrogens (tertiary/aromatic N) is 1. The van der Waals surface area contributed by atoms with Crippen LogP contribution in [0.5, 0.6) is 11.5 Å².